The topological polar surface area (TPSA) is 68.5 Å². The number of carbonyl (C=O) groups excluding carboxylic acids is 2. The number of hydrogen-bond donors (Lipinski definition) is 1. The van der Waals surface area contributed by atoms with E-state index < -0.39 is 5.97 Å². The molecule has 0 aliphatic heterocycles. The summed E-state index contributed by atoms with van der Waals surface area (Å²) in [5.41, 5.74) is 1.36. The Bertz CT molecular complexity index is 717. The highest BCUT2D eigenvalue weighted by Gasteiger charge is 2.20. The van der Waals surface area contributed by atoms with Crippen molar-refractivity contribution < 1.29 is 18.7 Å². The van der Waals surface area contributed by atoms with Gasteiger partial charge in [-0.25, -0.2) is 4.79 Å². The number of ether oxygens (including phenoxy) is 1. The Morgan fingerprint density at radius 1 is 1.17 bits per heavy atom. The Hall–Kier alpha value is -2.30. The molecule has 0 unspecified atom stereocenters. The van der Waals surface area contributed by atoms with E-state index in [9.17, 15) is 9.59 Å². The van der Waals surface area contributed by atoms with E-state index >= 15 is 0 Å². The second-order valence-electron chi connectivity index (χ2n) is 6.57. The Balaban J connectivity index is 1.88. The summed E-state index contributed by atoms with van der Waals surface area (Å²) in [6.45, 7) is 7.74. The minimum Gasteiger partial charge on any atom is -0.450 e. The summed E-state index contributed by atoms with van der Waals surface area (Å²) in [6, 6.07) is 7.46. The van der Waals surface area contributed by atoms with Gasteiger partial charge in [0.2, 0.25) is 5.76 Å². The molecule has 5 heteroatoms. The average Bonchev–Trinajstić information content (AvgIpc) is 2.88. The van der Waals surface area contributed by atoms with Gasteiger partial charge in [0.15, 0.2) is 6.61 Å². The van der Waals surface area contributed by atoms with Gasteiger partial charge in [0.25, 0.3) is 5.91 Å². The molecule has 0 saturated heterocycles. The fourth-order valence-corrected chi connectivity index (χ4v) is 2.54. The molecule has 0 aliphatic carbocycles. The summed E-state index contributed by atoms with van der Waals surface area (Å²) in [4.78, 5) is 24.0. The Morgan fingerprint density at radius 3 is 2.54 bits per heavy atom. The van der Waals surface area contributed by atoms with E-state index in [0.717, 1.165) is 23.8 Å². The van der Waals surface area contributed by atoms with Gasteiger partial charge in [0.05, 0.1) is 0 Å². The van der Waals surface area contributed by atoms with Crippen molar-refractivity contribution >= 4 is 22.8 Å². The van der Waals surface area contributed by atoms with Gasteiger partial charge in [-0.05, 0) is 38.7 Å². The third-order valence-corrected chi connectivity index (χ3v) is 3.95. The molecule has 2 rings (SSSR count). The summed E-state index contributed by atoms with van der Waals surface area (Å²) < 4.78 is 10.6. The Morgan fingerprint density at radius 2 is 1.88 bits per heavy atom. The number of benzene rings is 1. The fraction of sp³-hybridized carbons (Fsp3) is 0.474. The van der Waals surface area contributed by atoms with Crippen molar-refractivity contribution in [2.75, 3.05) is 6.61 Å². The predicted octanol–water partition coefficient (Wildman–Crippen LogP) is 3.84. The first-order valence-electron chi connectivity index (χ1n) is 8.33. The van der Waals surface area contributed by atoms with Crippen LogP contribution in [0.1, 0.15) is 49.7 Å². The number of para-hydroxylation sites is 1. The number of esters is 1. The maximum absolute atomic E-state index is 12.1. The first kappa shape index (κ1) is 18.0. The molecule has 24 heavy (non-hydrogen) atoms. The molecule has 0 aliphatic rings. The number of fused-ring (bicyclic) bond motifs is 1. The third-order valence-electron chi connectivity index (χ3n) is 3.95. The number of hydrogen-bond acceptors (Lipinski definition) is 4. The van der Waals surface area contributed by atoms with E-state index in [2.05, 4.69) is 19.2 Å². The lowest BCUT2D eigenvalue weighted by Crippen LogP contribution is -2.36. The fourth-order valence-electron chi connectivity index (χ4n) is 2.54. The molecule has 1 N–H and O–H groups in total. The van der Waals surface area contributed by atoms with Crippen molar-refractivity contribution in [1.82, 2.24) is 5.32 Å². The van der Waals surface area contributed by atoms with E-state index in [1.165, 1.54) is 0 Å². The van der Waals surface area contributed by atoms with Crippen molar-refractivity contribution in [3.8, 4) is 0 Å². The first-order chi connectivity index (χ1) is 11.4. The summed E-state index contributed by atoms with van der Waals surface area (Å²) in [7, 11) is 0. The van der Waals surface area contributed by atoms with Gasteiger partial charge >= 0.3 is 5.97 Å². The van der Waals surface area contributed by atoms with Crippen LogP contribution >= 0.6 is 0 Å². The van der Waals surface area contributed by atoms with E-state index in [1.807, 2.05) is 25.1 Å². The number of carbonyl (C=O) groups is 2. The highest BCUT2D eigenvalue weighted by atomic mass is 16.5. The van der Waals surface area contributed by atoms with E-state index in [0.29, 0.717) is 11.5 Å². The quantitative estimate of drug-likeness (QED) is 0.783. The highest BCUT2D eigenvalue weighted by Crippen LogP contribution is 2.25. The lowest BCUT2D eigenvalue weighted by molar-refractivity contribution is -0.124. The molecule has 0 radical (unpaired) electrons. The minimum atomic E-state index is -0.617. The normalized spacial score (nSPS) is 12.4. The number of aryl methyl sites for hydroxylation is 1. The van der Waals surface area contributed by atoms with E-state index in [1.54, 1.807) is 13.0 Å². The summed E-state index contributed by atoms with van der Waals surface area (Å²) in [5.74, 6) is -0.169. The van der Waals surface area contributed by atoms with Crippen molar-refractivity contribution in [2.24, 2.45) is 5.92 Å². The number of rotatable bonds is 7. The van der Waals surface area contributed by atoms with Gasteiger partial charge in [-0.2, -0.15) is 0 Å². The number of nitrogens with one attached hydrogen (secondary N) is 1. The minimum absolute atomic E-state index is 0.0616. The molecule has 1 atom stereocenters. The molecule has 1 aromatic carbocycles. The van der Waals surface area contributed by atoms with Crippen LogP contribution < -0.4 is 5.32 Å². The Labute approximate surface area is 142 Å². The van der Waals surface area contributed by atoms with Crippen molar-refractivity contribution in [3.05, 3.63) is 35.6 Å². The van der Waals surface area contributed by atoms with Gasteiger partial charge in [0, 0.05) is 17.0 Å². The number of amides is 1. The molecular formula is C19H25NO4. The lowest BCUT2D eigenvalue weighted by Gasteiger charge is -2.14. The van der Waals surface area contributed by atoms with Gasteiger partial charge in [-0.3, -0.25) is 4.79 Å². The van der Waals surface area contributed by atoms with Crippen LogP contribution in [0.2, 0.25) is 0 Å². The second-order valence-corrected chi connectivity index (χ2v) is 6.57. The molecule has 5 nitrogen and oxygen atoms in total. The van der Waals surface area contributed by atoms with E-state index in [-0.39, 0.29) is 24.3 Å². The molecule has 0 fully saturated rings. The van der Waals surface area contributed by atoms with Crippen LogP contribution in [0.5, 0.6) is 0 Å². The molecule has 1 amide bonds. The third kappa shape index (κ3) is 4.60. The van der Waals surface area contributed by atoms with Crippen LogP contribution in [0.3, 0.4) is 0 Å². The monoisotopic (exact) mass is 331 g/mol. The van der Waals surface area contributed by atoms with Crippen molar-refractivity contribution in [2.45, 2.75) is 46.6 Å². The summed E-state index contributed by atoms with van der Waals surface area (Å²) >= 11 is 0. The second kappa shape index (κ2) is 7.99. The molecule has 0 bridgehead atoms. The predicted molar refractivity (Wildman–Crippen MR) is 92.9 cm³/mol. The standard InChI is InChI=1S/C19H25NO4/c1-12(2)9-10-13(3)20-17(21)11-23-19(22)18-14(4)15-7-5-6-8-16(15)24-18/h5-8,12-13H,9-11H2,1-4H3,(H,20,21)/t13-/m1/s1. The van der Waals surface area contributed by atoms with Gasteiger partial charge in [-0.1, -0.05) is 32.0 Å². The van der Waals surface area contributed by atoms with Crippen molar-refractivity contribution in [1.29, 1.82) is 0 Å². The molecule has 0 spiro atoms. The van der Waals surface area contributed by atoms with E-state index in [4.69, 9.17) is 9.15 Å². The number of furan rings is 1. The largest absolute Gasteiger partial charge is 0.450 e. The van der Waals surface area contributed by atoms with Gasteiger partial charge in [-0.15, -0.1) is 0 Å². The first-order valence-corrected chi connectivity index (χ1v) is 8.33. The van der Waals surface area contributed by atoms with Gasteiger partial charge < -0.3 is 14.5 Å². The zero-order chi connectivity index (χ0) is 17.7. The van der Waals surface area contributed by atoms with Crippen LogP contribution in [0, 0.1) is 12.8 Å². The molecular weight excluding hydrogens is 306 g/mol. The maximum atomic E-state index is 12.1. The average molecular weight is 331 g/mol. The van der Waals surface area contributed by atoms with Crippen LogP contribution in [-0.2, 0) is 9.53 Å². The van der Waals surface area contributed by atoms with Crippen LogP contribution in [0.4, 0.5) is 0 Å². The smallest absolute Gasteiger partial charge is 0.375 e. The molecule has 1 aromatic heterocycles. The SMILES string of the molecule is Cc1c(C(=O)OCC(=O)N[C@H](C)CCC(C)C)oc2ccccc12. The molecule has 2 aromatic rings. The van der Waals surface area contributed by atoms with Gasteiger partial charge in [0.1, 0.15) is 5.58 Å². The molecule has 130 valence electrons. The van der Waals surface area contributed by atoms with Crippen LogP contribution in [0.15, 0.2) is 28.7 Å². The molecule has 0 saturated carbocycles. The maximum Gasteiger partial charge on any atom is 0.375 e. The zero-order valence-corrected chi connectivity index (χ0v) is 14.7. The lowest BCUT2D eigenvalue weighted by atomic mass is 10.0. The van der Waals surface area contributed by atoms with Crippen LogP contribution in [0.25, 0.3) is 11.0 Å². The Kier molecular flexibility index (Phi) is 6.01. The van der Waals surface area contributed by atoms with Crippen molar-refractivity contribution in [3.63, 3.8) is 0 Å². The highest BCUT2D eigenvalue weighted by molar-refractivity contribution is 5.96. The summed E-state index contributed by atoms with van der Waals surface area (Å²) in [5, 5.41) is 3.71. The van der Waals surface area contributed by atoms with Crippen LogP contribution in [-0.4, -0.2) is 24.5 Å². The molecule has 1 heterocycles. The summed E-state index contributed by atoms with van der Waals surface area (Å²) in [6.07, 6.45) is 1.94. The zero-order valence-electron chi connectivity index (χ0n) is 14.7.